The maximum atomic E-state index is 10.2. The molecule has 7 heteroatoms. The number of para-hydroxylation sites is 2. The van der Waals surface area contributed by atoms with Crippen molar-refractivity contribution in [2.75, 3.05) is 7.11 Å². The number of nitrogens with zero attached hydrogens (tertiary/aromatic N) is 2. The van der Waals surface area contributed by atoms with Gasteiger partial charge in [-0.25, -0.2) is 4.98 Å². The molecule has 1 heterocycles. The number of methoxy groups -OCH3 is 1. The summed E-state index contributed by atoms with van der Waals surface area (Å²) in [5, 5.41) is 10.2. The largest absolute Gasteiger partial charge is 0.506 e. The molecule has 5 nitrogen and oxygen atoms in total. The van der Waals surface area contributed by atoms with Gasteiger partial charge in [-0.3, -0.25) is 4.99 Å². The number of fused-ring (bicyclic) bond motifs is 1. The van der Waals surface area contributed by atoms with Crippen molar-refractivity contribution in [1.82, 2.24) is 4.98 Å². The van der Waals surface area contributed by atoms with E-state index in [-0.39, 0.29) is 5.75 Å². The highest BCUT2D eigenvalue weighted by atomic mass is 79.9. The summed E-state index contributed by atoms with van der Waals surface area (Å²) in [4.78, 5) is 9.03. The lowest BCUT2D eigenvalue weighted by molar-refractivity contribution is 0.416. The van der Waals surface area contributed by atoms with E-state index in [1.54, 1.807) is 25.5 Å². The van der Waals surface area contributed by atoms with Crippen LogP contribution in [0.2, 0.25) is 0 Å². The van der Waals surface area contributed by atoms with Crippen LogP contribution >= 0.6 is 31.9 Å². The highest BCUT2D eigenvalue weighted by Gasteiger charge is 2.11. The first-order chi connectivity index (χ1) is 13.5. The smallest absolute Gasteiger partial charge is 0.227 e. The van der Waals surface area contributed by atoms with E-state index in [1.807, 2.05) is 42.5 Å². The van der Waals surface area contributed by atoms with Gasteiger partial charge < -0.3 is 14.3 Å². The van der Waals surface area contributed by atoms with Crippen LogP contribution in [0.4, 0.5) is 5.69 Å². The molecule has 4 aromatic rings. The average molecular weight is 502 g/mol. The Labute approximate surface area is 178 Å². The third kappa shape index (κ3) is 3.68. The second-order valence-corrected chi connectivity index (χ2v) is 7.73. The van der Waals surface area contributed by atoms with Gasteiger partial charge in [0.1, 0.15) is 22.7 Å². The van der Waals surface area contributed by atoms with Gasteiger partial charge in [0.2, 0.25) is 5.89 Å². The van der Waals surface area contributed by atoms with Crippen LogP contribution < -0.4 is 4.74 Å². The summed E-state index contributed by atoms with van der Waals surface area (Å²) in [6, 6.07) is 16.7. The number of aromatic hydroxyl groups is 1. The molecule has 1 N–H and O–H groups in total. The van der Waals surface area contributed by atoms with Crippen LogP contribution in [0.15, 0.2) is 73.0 Å². The maximum Gasteiger partial charge on any atom is 0.227 e. The van der Waals surface area contributed by atoms with Gasteiger partial charge in [-0.2, -0.15) is 0 Å². The number of aromatic nitrogens is 1. The predicted octanol–water partition coefficient (Wildman–Crippen LogP) is 6.48. The molecular weight excluding hydrogens is 488 g/mol. The average Bonchev–Trinajstić information content (AvgIpc) is 3.13. The van der Waals surface area contributed by atoms with Crippen molar-refractivity contribution in [2.24, 2.45) is 4.99 Å². The lowest BCUT2D eigenvalue weighted by Gasteiger charge is -2.07. The molecule has 0 saturated carbocycles. The Balaban J connectivity index is 1.75. The summed E-state index contributed by atoms with van der Waals surface area (Å²) in [6.07, 6.45) is 1.58. The van der Waals surface area contributed by atoms with E-state index in [0.29, 0.717) is 27.4 Å². The Bertz CT molecular complexity index is 1170. The van der Waals surface area contributed by atoms with Crippen molar-refractivity contribution in [2.45, 2.75) is 0 Å². The van der Waals surface area contributed by atoms with Gasteiger partial charge in [-0.1, -0.05) is 28.1 Å². The van der Waals surface area contributed by atoms with E-state index in [9.17, 15) is 5.11 Å². The molecule has 0 saturated heterocycles. The number of rotatable bonds is 4. The lowest BCUT2D eigenvalue weighted by Crippen LogP contribution is -1.87. The lowest BCUT2D eigenvalue weighted by atomic mass is 10.1. The maximum absolute atomic E-state index is 10.2. The Hall–Kier alpha value is -2.64. The van der Waals surface area contributed by atoms with Crippen molar-refractivity contribution >= 4 is 54.9 Å². The summed E-state index contributed by atoms with van der Waals surface area (Å²) < 4.78 is 12.7. The van der Waals surface area contributed by atoms with Gasteiger partial charge in [-0.15, -0.1) is 0 Å². The van der Waals surface area contributed by atoms with Crippen molar-refractivity contribution in [3.8, 4) is 23.0 Å². The number of benzene rings is 3. The van der Waals surface area contributed by atoms with Crippen LogP contribution in [0.3, 0.4) is 0 Å². The zero-order chi connectivity index (χ0) is 19.7. The first kappa shape index (κ1) is 18.7. The number of aliphatic imine (C=N–C) groups is 1. The summed E-state index contributed by atoms with van der Waals surface area (Å²) in [6.45, 7) is 0. The number of halogens is 2. The molecule has 0 aliphatic carbocycles. The highest BCUT2D eigenvalue weighted by Crippen LogP contribution is 2.35. The van der Waals surface area contributed by atoms with Crippen LogP contribution in [0, 0.1) is 0 Å². The van der Waals surface area contributed by atoms with Gasteiger partial charge in [0, 0.05) is 21.8 Å². The number of phenols is 1. The first-order valence-corrected chi connectivity index (χ1v) is 9.90. The Morgan fingerprint density at radius 3 is 2.71 bits per heavy atom. The minimum atomic E-state index is 0.112. The fourth-order valence-electron chi connectivity index (χ4n) is 2.74. The number of ether oxygens (including phenoxy) is 1. The standard InChI is InChI=1S/C21H14Br2N2O3/c1-27-18-7-6-12(21-25-16-4-2-3-5-19(16)28-21)9-17(18)24-11-13-8-14(22)10-15(23)20(13)26/h2-11,26H,1H3. The van der Waals surface area contributed by atoms with E-state index < -0.39 is 0 Å². The van der Waals surface area contributed by atoms with Crippen LogP contribution in [-0.2, 0) is 0 Å². The summed E-state index contributed by atoms with van der Waals surface area (Å²) in [5.74, 6) is 1.22. The normalized spacial score (nSPS) is 11.4. The van der Waals surface area contributed by atoms with Crippen LogP contribution in [-0.4, -0.2) is 23.4 Å². The third-order valence-corrected chi connectivity index (χ3v) is 5.18. The van der Waals surface area contributed by atoms with Crippen molar-refractivity contribution in [3.63, 3.8) is 0 Å². The molecule has 0 aliphatic rings. The van der Waals surface area contributed by atoms with E-state index in [0.717, 1.165) is 21.1 Å². The monoisotopic (exact) mass is 500 g/mol. The molecule has 140 valence electrons. The molecule has 0 aliphatic heterocycles. The van der Waals surface area contributed by atoms with E-state index in [1.165, 1.54) is 0 Å². The van der Waals surface area contributed by atoms with Crippen molar-refractivity contribution in [1.29, 1.82) is 0 Å². The number of hydrogen-bond donors (Lipinski definition) is 1. The van der Waals surface area contributed by atoms with Gasteiger partial charge in [0.15, 0.2) is 5.58 Å². The summed E-state index contributed by atoms with van der Waals surface area (Å²) >= 11 is 6.74. The molecule has 0 amide bonds. The fourth-order valence-corrected chi connectivity index (χ4v) is 4.00. The molecule has 0 bridgehead atoms. The first-order valence-electron chi connectivity index (χ1n) is 8.31. The molecule has 1 aromatic heterocycles. The number of oxazole rings is 1. The number of phenolic OH excluding ortho intramolecular Hbond substituents is 1. The Morgan fingerprint density at radius 1 is 1.11 bits per heavy atom. The van der Waals surface area contributed by atoms with Gasteiger partial charge >= 0.3 is 0 Å². The van der Waals surface area contributed by atoms with E-state index in [4.69, 9.17) is 9.15 Å². The SMILES string of the molecule is COc1ccc(-c2nc3ccccc3o2)cc1N=Cc1cc(Br)cc(Br)c1O. The Kier molecular flexibility index (Phi) is 5.19. The zero-order valence-corrected chi connectivity index (χ0v) is 17.9. The molecule has 0 spiro atoms. The molecule has 4 rings (SSSR count). The van der Waals surface area contributed by atoms with Gasteiger partial charge in [0.25, 0.3) is 0 Å². The second kappa shape index (κ2) is 7.77. The van der Waals surface area contributed by atoms with E-state index >= 15 is 0 Å². The zero-order valence-electron chi connectivity index (χ0n) is 14.7. The number of hydrogen-bond acceptors (Lipinski definition) is 5. The molecule has 3 aromatic carbocycles. The van der Waals surface area contributed by atoms with Crippen LogP contribution in [0.1, 0.15) is 5.56 Å². The topological polar surface area (TPSA) is 67.9 Å². The fraction of sp³-hybridized carbons (Fsp3) is 0.0476. The predicted molar refractivity (Wildman–Crippen MR) is 117 cm³/mol. The van der Waals surface area contributed by atoms with Crippen molar-refractivity contribution in [3.05, 3.63) is 69.1 Å². The minimum absolute atomic E-state index is 0.112. The Morgan fingerprint density at radius 2 is 1.93 bits per heavy atom. The molecule has 0 fully saturated rings. The van der Waals surface area contributed by atoms with Crippen molar-refractivity contribution < 1.29 is 14.3 Å². The summed E-state index contributed by atoms with van der Waals surface area (Å²) in [7, 11) is 1.58. The minimum Gasteiger partial charge on any atom is -0.506 e. The van der Waals surface area contributed by atoms with Gasteiger partial charge in [0.05, 0.1) is 11.6 Å². The summed E-state index contributed by atoms with van der Waals surface area (Å²) in [5.41, 5.74) is 3.46. The second-order valence-electron chi connectivity index (χ2n) is 5.96. The van der Waals surface area contributed by atoms with Crippen LogP contribution in [0.25, 0.3) is 22.6 Å². The molecule has 0 radical (unpaired) electrons. The molecule has 0 atom stereocenters. The molecule has 28 heavy (non-hydrogen) atoms. The quantitative estimate of drug-likeness (QED) is 0.325. The highest BCUT2D eigenvalue weighted by molar-refractivity contribution is 9.11. The van der Waals surface area contributed by atoms with E-state index in [2.05, 4.69) is 41.8 Å². The third-order valence-electron chi connectivity index (χ3n) is 4.12. The molecular formula is C21H14Br2N2O3. The van der Waals surface area contributed by atoms with Crippen LogP contribution in [0.5, 0.6) is 11.5 Å². The van der Waals surface area contributed by atoms with Gasteiger partial charge in [-0.05, 0) is 58.4 Å². The molecule has 0 unspecified atom stereocenters.